The van der Waals surface area contributed by atoms with E-state index in [2.05, 4.69) is 16.2 Å². The lowest BCUT2D eigenvalue weighted by molar-refractivity contribution is 0.0786. The van der Waals surface area contributed by atoms with Crippen LogP contribution in [-0.4, -0.2) is 34.0 Å². The van der Waals surface area contributed by atoms with Gasteiger partial charge in [0, 0.05) is 32.0 Å². The highest BCUT2D eigenvalue weighted by Gasteiger charge is 2.27. The Labute approximate surface area is 136 Å². The second kappa shape index (κ2) is 6.52. The highest BCUT2D eigenvalue weighted by Crippen LogP contribution is 2.24. The molecule has 0 spiro atoms. The summed E-state index contributed by atoms with van der Waals surface area (Å²) in [6.07, 6.45) is 2.86. The first kappa shape index (κ1) is 15.7. The molecule has 0 bridgehead atoms. The Kier molecular flexibility index (Phi) is 4.46. The smallest absolute Gasteiger partial charge is 0.254 e. The standard InChI is InChI=1S/C18H23N3O2/c1-12-4-6-16(13(2)10-12)18(22)21-9-8-15(11-21)5-7-17-19-14(3)23-20-17/h4,6,10,15H,5,7-9,11H2,1-3H3. The minimum absolute atomic E-state index is 0.153. The molecule has 1 saturated heterocycles. The second-order valence-electron chi connectivity index (χ2n) is 6.49. The topological polar surface area (TPSA) is 59.2 Å². The van der Waals surface area contributed by atoms with E-state index in [1.54, 1.807) is 6.92 Å². The van der Waals surface area contributed by atoms with Crippen molar-refractivity contribution >= 4 is 5.91 Å². The number of rotatable bonds is 4. The van der Waals surface area contributed by atoms with Crippen LogP contribution in [0.3, 0.4) is 0 Å². The molecular weight excluding hydrogens is 290 g/mol. The van der Waals surface area contributed by atoms with E-state index < -0.39 is 0 Å². The van der Waals surface area contributed by atoms with E-state index in [4.69, 9.17) is 4.52 Å². The van der Waals surface area contributed by atoms with Crippen molar-refractivity contribution in [2.75, 3.05) is 13.1 Å². The lowest BCUT2D eigenvalue weighted by Crippen LogP contribution is -2.29. The normalized spacial score (nSPS) is 17.7. The average Bonchev–Trinajstić information content (AvgIpc) is 3.13. The summed E-state index contributed by atoms with van der Waals surface area (Å²) in [6.45, 7) is 7.51. The number of amides is 1. The van der Waals surface area contributed by atoms with E-state index in [0.717, 1.165) is 49.3 Å². The lowest BCUT2D eigenvalue weighted by atomic mass is 10.0. The fourth-order valence-electron chi connectivity index (χ4n) is 3.25. The first-order valence-electron chi connectivity index (χ1n) is 8.18. The Bertz CT molecular complexity index is 708. The van der Waals surface area contributed by atoms with Crippen molar-refractivity contribution in [2.24, 2.45) is 5.92 Å². The van der Waals surface area contributed by atoms with Gasteiger partial charge in [0.2, 0.25) is 5.89 Å². The van der Waals surface area contributed by atoms with Crippen LogP contribution < -0.4 is 0 Å². The van der Waals surface area contributed by atoms with Gasteiger partial charge in [0.1, 0.15) is 0 Å². The minimum Gasteiger partial charge on any atom is -0.340 e. The minimum atomic E-state index is 0.153. The number of carbonyl (C=O) groups is 1. The maximum Gasteiger partial charge on any atom is 0.254 e. The predicted molar refractivity (Wildman–Crippen MR) is 87.3 cm³/mol. The molecule has 1 fully saturated rings. The second-order valence-corrected chi connectivity index (χ2v) is 6.49. The molecule has 3 rings (SSSR count). The van der Waals surface area contributed by atoms with Crippen molar-refractivity contribution in [2.45, 2.75) is 40.0 Å². The Morgan fingerprint density at radius 3 is 2.87 bits per heavy atom. The number of aromatic nitrogens is 2. The molecule has 0 saturated carbocycles. The molecule has 2 aromatic rings. The molecule has 0 aliphatic carbocycles. The highest BCUT2D eigenvalue weighted by atomic mass is 16.5. The van der Waals surface area contributed by atoms with Crippen molar-refractivity contribution in [3.05, 3.63) is 46.6 Å². The monoisotopic (exact) mass is 313 g/mol. The third-order valence-corrected chi connectivity index (χ3v) is 4.53. The zero-order valence-electron chi connectivity index (χ0n) is 14.0. The largest absolute Gasteiger partial charge is 0.340 e. The molecule has 1 atom stereocenters. The van der Waals surface area contributed by atoms with Crippen LogP contribution >= 0.6 is 0 Å². The third-order valence-electron chi connectivity index (χ3n) is 4.53. The Hall–Kier alpha value is -2.17. The molecule has 1 aromatic carbocycles. The quantitative estimate of drug-likeness (QED) is 0.870. The Morgan fingerprint density at radius 1 is 1.35 bits per heavy atom. The number of hydrogen-bond donors (Lipinski definition) is 0. The summed E-state index contributed by atoms with van der Waals surface area (Å²) < 4.78 is 4.99. The van der Waals surface area contributed by atoms with Crippen LogP contribution in [0, 0.1) is 26.7 Å². The maximum absolute atomic E-state index is 12.7. The van der Waals surface area contributed by atoms with Crippen LogP contribution in [0.15, 0.2) is 22.7 Å². The van der Waals surface area contributed by atoms with Gasteiger partial charge in [0.15, 0.2) is 5.82 Å². The van der Waals surface area contributed by atoms with E-state index in [1.165, 1.54) is 5.56 Å². The molecule has 5 nitrogen and oxygen atoms in total. The van der Waals surface area contributed by atoms with Crippen LogP contribution in [0.5, 0.6) is 0 Å². The van der Waals surface area contributed by atoms with Crippen molar-refractivity contribution in [3.63, 3.8) is 0 Å². The molecule has 1 aliphatic rings. The number of likely N-dealkylation sites (tertiary alicyclic amines) is 1. The summed E-state index contributed by atoms with van der Waals surface area (Å²) in [5, 5.41) is 3.93. The van der Waals surface area contributed by atoms with Crippen molar-refractivity contribution in [3.8, 4) is 0 Å². The summed E-state index contributed by atoms with van der Waals surface area (Å²) >= 11 is 0. The Balaban J connectivity index is 1.57. The van der Waals surface area contributed by atoms with Gasteiger partial charge in [-0.1, -0.05) is 22.9 Å². The van der Waals surface area contributed by atoms with E-state index in [0.29, 0.717) is 11.8 Å². The van der Waals surface area contributed by atoms with Crippen LogP contribution in [0.25, 0.3) is 0 Å². The zero-order valence-corrected chi connectivity index (χ0v) is 14.0. The molecule has 122 valence electrons. The number of benzene rings is 1. The van der Waals surface area contributed by atoms with Crippen LogP contribution in [0.4, 0.5) is 0 Å². The predicted octanol–water partition coefficient (Wildman–Crippen LogP) is 3.09. The SMILES string of the molecule is Cc1ccc(C(=O)N2CCC(CCc3noc(C)n3)C2)c(C)c1. The Morgan fingerprint density at radius 2 is 2.17 bits per heavy atom. The van der Waals surface area contributed by atoms with Crippen LogP contribution in [-0.2, 0) is 6.42 Å². The summed E-state index contributed by atoms with van der Waals surface area (Å²) in [7, 11) is 0. The van der Waals surface area contributed by atoms with Crippen molar-refractivity contribution < 1.29 is 9.32 Å². The van der Waals surface area contributed by atoms with Gasteiger partial charge in [0.05, 0.1) is 0 Å². The summed E-state index contributed by atoms with van der Waals surface area (Å²) in [5.41, 5.74) is 3.07. The molecule has 1 aliphatic heterocycles. The van der Waals surface area contributed by atoms with Gasteiger partial charge in [-0.2, -0.15) is 4.98 Å². The first-order chi connectivity index (χ1) is 11.0. The molecule has 23 heavy (non-hydrogen) atoms. The van der Waals surface area contributed by atoms with Crippen LogP contribution in [0.2, 0.25) is 0 Å². The number of nitrogens with zero attached hydrogens (tertiary/aromatic N) is 3. The maximum atomic E-state index is 12.7. The number of carbonyl (C=O) groups excluding carboxylic acids is 1. The van der Waals surface area contributed by atoms with Crippen molar-refractivity contribution in [1.29, 1.82) is 0 Å². The van der Waals surface area contributed by atoms with Gasteiger partial charge in [-0.3, -0.25) is 4.79 Å². The fraction of sp³-hybridized carbons (Fsp3) is 0.500. The van der Waals surface area contributed by atoms with Gasteiger partial charge in [-0.05, 0) is 44.2 Å². The number of hydrogen-bond acceptors (Lipinski definition) is 4. The molecule has 0 radical (unpaired) electrons. The molecule has 1 aromatic heterocycles. The molecule has 1 amide bonds. The van der Waals surface area contributed by atoms with Gasteiger partial charge in [-0.15, -0.1) is 0 Å². The summed E-state index contributed by atoms with van der Waals surface area (Å²) in [4.78, 5) is 18.9. The van der Waals surface area contributed by atoms with Crippen molar-refractivity contribution in [1.82, 2.24) is 15.0 Å². The first-order valence-corrected chi connectivity index (χ1v) is 8.18. The van der Waals surface area contributed by atoms with Gasteiger partial charge in [-0.25, -0.2) is 0 Å². The van der Waals surface area contributed by atoms with Crippen LogP contribution in [0.1, 0.15) is 46.0 Å². The molecule has 2 heterocycles. The van der Waals surface area contributed by atoms with E-state index >= 15 is 0 Å². The zero-order chi connectivity index (χ0) is 16.4. The molecule has 1 unspecified atom stereocenters. The molecule has 5 heteroatoms. The van der Waals surface area contributed by atoms with Gasteiger partial charge < -0.3 is 9.42 Å². The molecular formula is C18H23N3O2. The summed E-state index contributed by atoms with van der Waals surface area (Å²) in [5.74, 6) is 2.05. The van der Waals surface area contributed by atoms with Gasteiger partial charge >= 0.3 is 0 Å². The average molecular weight is 313 g/mol. The highest BCUT2D eigenvalue weighted by molar-refractivity contribution is 5.95. The number of aryl methyl sites for hydroxylation is 4. The van der Waals surface area contributed by atoms with E-state index in [1.807, 2.05) is 30.9 Å². The fourth-order valence-corrected chi connectivity index (χ4v) is 3.25. The lowest BCUT2D eigenvalue weighted by Gasteiger charge is -2.18. The van der Waals surface area contributed by atoms with E-state index in [9.17, 15) is 4.79 Å². The molecule has 0 N–H and O–H groups in total. The van der Waals surface area contributed by atoms with E-state index in [-0.39, 0.29) is 5.91 Å². The summed E-state index contributed by atoms with van der Waals surface area (Å²) in [6, 6.07) is 6.02. The third kappa shape index (κ3) is 3.60. The van der Waals surface area contributed by atoms with Gasteiger partial charge in [0.25, 0.3) is 5.91 Å².